The summed E-state index contributed by atoms with van der Waals surface area (Å²) >= 11 is 5.05. The second-order valence-corrected chi connectivity index (χ2v) is 7.97. The third kappa shape index (κ3) is 5.17. The molecule has 7 heteroatoms. The van der Waals surface area contributed by atoms with Gasteiger partial charge in [-0.15, -0.1) is 0 Å². The normalized spacial score (nSPS) is 14.5. The number of rotatable bonds is 7. The molecular formula is C18H22BrN3O2S. The highest BCUT2D eigenvalue weighted by Crippen LogP contribution is 2.22. The minimum atomic E-state index is -0.00168. The lowest BCUT2D eigenvalue weighted by Gasteiger charge is -2.27. The van der Waals surface area contributed by atoms with Crippen molar-refractivity contribution in [1.29, 1.82) is 0 Å². The second kappa shape index (κ2) is 8.98. The molecule has 0 bridgehead atoms. The molecule has 0 fully saturated rings. The fraction of sp³-hybridized carbons (Fsp3) is 0.444. The molecular weight excluding hydrogens is 402 g/mol. The Morgan fingerprint density at radius 3 is 3.12 bits per heavy atom. The minimum Gasteiger partial charge on any atom is -0.385 e. The van der Waals surface area contributed by atoms with Crippen LogP contribution in [0.4, 0.5) is 0 Å². The number of halogens is 1. The number of methoxy groups -OCH3 is 1. The van der Waals surface area contributed by atoms with Gasteiger partial charge in [-0.3, -0.25) is 9.69 Å². The fourth-order valence-electron chi connectivity index (χ4n) is 2.93. The SMILES string of the molecule is COCCCN1CCc2nc(SCc3cccc(Br)c3)[nH]c(=O)c2C1. The zero-order chi connectivity index (χ0) is 17.6. The van der Waals surface area contributed by atoms with Crippen LogP contribution in [0.1, 0.15) is 23.2 Å². The van der Waals surface area contributed by atoms with Crippen molar-refractivity contribution >= 4 is 27.7 Å². The number of hydrogen-bond donors (Lipinski definition) is 1. The Bertz CT molecular complexity index is 781. The van der Waals surface area contributed by atoms with E-state index in [-0.39, 0.29) is 5.56 Å². The van der Waals surface area contributed by atoms with E-state index in [2.05, 4.69) is 42.9 Å². The Morgan fingerprint density at radius 1 is 1.44 bits per heavy atom. The van der Waals surface area contributed by atoms with Crippen LogP contribution in [0.3, 0.4) is 0 Å². The molecule has 0 amide bonds. The fourth-order valence-corrected chi connectivity index (χ4v) is 4.20. The van der Waals surface area contributed by atoms with Crippen LogP contribution in [0, 0.1) is 0 Å². The van der Waals surface area contributed by atoms with E-state index in [1.54, 1.807) is 18.9 Å². The van der Waals surface area contributed by atoms with E-state index in [0.717, 1.165) is 54.0 Å². The third-order valence-corrected chi connectivity index (χ3v) is 5.65. The first-order valence-corrected chi connectivity index (χ1v) is 10.1. The quantitative estimate of drug-likeness (QED) is 0.420. The highest BCUT2D eigenvalue weighted by atomic mass is 79.9. The van der Waals surface area contributed by atoms with Crippen molar-refractivity contribution in [3.05, 3.63) is 55.9 Å². The summed E-state index contributed by atoms with van der Waals surface area (Å²) in [6.07, 6.45) is 1.81. The van der Waals surface area contributed by atoms with Gasteiger partial charge in [0.25, 0.3) is 5.56 Å². The van der Waals surface area contributed by atoms with Gasteiger partial charge in [0, 0.05) is 50.0 Å². The molecule has 1 N–H and O–H groups in total. The Labute approximate surface area is 160 Å². The van der Waals surface area contributed by atoms with E-state index in [1.807, 2.05) is 12.1 Å². The van der Waals surface area contributed by atoms with Crippen LogP contribution in [0.15, 0.2) is 38.7 Å². The highest BCUT2D eigenvalue weighted by Gasteiger charge is 2.20. The summed E-state index contributed by atoms with van der Waals surface area (Å²) in [6.45, 7) is 3.33. The zero-order valence-corrected chi connectivity index (χ0v) is 16.7. The lowest BCUT2D eigenvalue weighted by molar-refractivity contribution is 0.166. The van der Waals surface area contributed by atoms with E-state index in [4.69, 9.17) is 4.74 Å². The summed E-state index contributed by atoms with van der Waals surface area (Å²) in [5.41, 5.74) is 2.96. The molecule has 0 saturated carbocycles. The number of thioether (sulfide) groups is 1. The first-order valence-electron chi connectivity index (χ1n) is 8.36. The smallest absolute Gasteiger partial charge is 0.256 e. The Morgan fingerprint density at radius 2 is 2.32 bits per heavy atom. The van der Waals surface area contributed by atoms with Gasteiger partial charge in [0.2, 0.25) is 0 Å². The van der Waals surface area contributed by atoms with Crippen molar-refractivity contribution < 1.29 is 4.74 Å². The summed E-state index contributed by atoms with van der Waals surface area (Å²) in [7, 11) is 1.72. The number of aromatic amines is 1. The van der Waals surface area contributed by atoms with Crippen LogP contribution in [0.5, 0.6) is 0 Å². The number of aromatic nitrogens is 2. The molecule has 0 unspecified atom stereocenters. The summed E-state index contributed by atoms with van der Waals surface area (Å²) in [5.74, 6) is 0.782. The van der Waals surface area contributed by atoms with Crippen molar-refractivity contribution in [1.82, 2.24) is 14.9 Å². The van der Waals surface area contributed by atoms with Crippen LogP contribution >= 0.6 is 27.7 Å². The van der Waals surface area contributed by atoms with Crippen LogP contribution in [0.25, 0.3) is 0 Å². The maximum atomic E-state index is 12.5. The Balaban J connectivity index is 1.65. The van der Waals surface area contributed by atoms with Gasteiger partial charge in [-0.05, 0) is 24.1 Å². The molecule has 0 radical (unpaired) electrons. The molecule has 0 atom stereocenters. The number of nitrogens with zero attached hydrogens (tertiary/aromatic N) is 2. The van der Waals surface area contributed by atoms with Crippen molar-refractivity contribution in [2.45, 2.75) is 30.3 Å². The molecule has 2 heterocycles. The molecule has 1 aliphatic rings. The van der Waals surface area contributed by atoms with E-state index in [0.29, 0.717) is 11.7 Å². The molecule has 3 rings (SSSR count). The molecule has 25 heavy (non-hydrogen) atoms. The third-order valence-electron chi connectivity index (χ3n) is 4.21. The number of H-pyrrole nitrogens is 1. The number of nitrogens with one attached hydrogen (secondary N) is 1. The van der Waals surface area contributed by atoms with Gasteiger partial charge in [0.15, 0.2) is 5.16 Å². The number of benzene rings is 1. The molecule has 1 aromatic carbocycles. The molecule has 0 spiro atoms. The maximum absolute atomic E-state index is 12.5. The second-order valence-electron chi connectivity index (χ2n) is 6.09. The van der Waals surface area contributed by atoms with Gasteiger partial charge in [-0.1, -0.05) is 39.8 Å². The summed E-state index contributed by atoms with van der Waals surface area (Å²) in [6, 6.07) is 8.18. The zero-order valence-electron chi connectivity index (χ0n) is 14.3. The lowest BCUT2D eigenvalue weighted by Crippen LogP contribution is -2.36. The molecule has 2 aromatic rings. The maximum Gasteiger partial charge on any atom is 0.256 e. The number of ether oxygens (including phenoxy) is 1. The average molecular weight is 424 g/mol. The molecule has 5 nitrogen and oxygen atoms in total. The molecule has 0 saturated heterocycles. The summed E-state index contributed by atoms with van der Waals surface area (Å²) in [5, 5.41) is 0.705. The number of hydrogen-bond acceptors (Lipinski definition) is 5. The molecule has 0 aliphatic carbocycles. The van der Waals surface area contributed by atoms with E-state index in [1.165, 1.54) is 5.56 Å². The summed E-state index contributed by atoms with van der Waals surface area (Å²) in [4.78, 5) is 22.4. The monoisotopic (exact) mass is 423 g/mol. The predicted molar refractivity (Wildman–Crippen MR) is 104 cm³/mol. The van der Waals surface area contributed by atoms with Crippen molar-refractivity contribution in [3.63, 3.8) is 0 Å². The van der Waals surface area contributed by atoms with Gasteiger partial charge >= 0.3 is 0 Å². The highest BCUT2D eigenvalue weighted by molar-refractivity contribution is 9.10. The molecule has 1 aliphatic heterocycles. The first-order chi connectivity index (χ1) is 12.2. The van der Waals surface area contributed by atoms with Gasteiger partial charge in [-0.2, -0.15) is 0 Å². The average Bonchev–Trinajstić information content (AvgIpc) is 2.61. The van der Waals surface area contributed by atoms with Crippen LogP contribution in [-0.4, -0.2) is 41.7 Å². The van der Waals surface area contributed by atoms with Gasteiger partial charge < -0.3 is 9.72 Å². The Hall–Kier alpha value is -1.15. The first kappa shape index (κ1) is 18.6. The molecule has 134 valence electrons. The van der Waals surface area contributed by atoms with Crippen LogP contribution in [0.2, 0.25) is 0 Å². The predicted octanol–water partition coefficient (Wildman–Crippen LogP) is 3.22. The van der Waals surface area contributed by atoms with E-state index < -0.39 is 0 Å². The van der Waals surface area contributed by atoms with E-state index in [9.17, 15) is 4.79 Å². The standard InChI is InChI=1S/C18H22BrN3O2S/c1-24-9-3-7-22-8-6-16-15(11-22)17(23)21-18(20-16)25-12-13-4-2-5-14(19)10-13/h2,4-5,10H,3,6-9,11-12H2,1H3,(H,20,21,23). The topological polar surface area (TPSA) is 58.2 Å². The van der Waals surface area contributed by atoms with E-state index >= 15 is 0 Å². The van der Waals surface area contributed by atoms with Crippen molar-refractivity contribution in [3.8, 4) is 0 Å². The lowest BCUT2D eigenvalue weighted by atomic mass is 10.1. The van der Waals surface area contributed by atoms with Crippen LogP contribution < -0.4 is 5.56 Å². The van der Waals surface area contributed by atoms with Gasteiger partial charge in [-0.25, -0.2) is 4.98 Å². The molecule has 1 aromatic heterocycles. The van der Waals surface area contributed by atoms with Crippen LogP contribution in [-0.2, 0) is 23.5 Å². The van der Waals surface area contributed by atoms with Crippen molar-refractivity contribution in [2.24, 2.45) is 0 Å². The Kier molecular flexibility index (Phi) is 6.70. The van der Waals surface area contributed by atoms with Gasteiger partial charge in [0.1, 0.15) is 0 Å². The van der Waals surface area contributed by atoms with Crippen molar-refractivity contribution in [2.75, 3.05) is 26.8 Å². The largest absolute Gasteiger partial charge is 0.385 e. The van der Waals surface area contributed by atoms with Gasteiger partial charge in [0.05, 0.1) is 11.3 Å². The minimum absolute atomic E-state index is 0.00168. The number of fused-ring (bicyclic) bond motifs is 1. The summed E-state index contributed by atoms with van der Waals surface area (Å²) < 4.78 is 6.16.